The lowest BCUT2D eigenvalue weighted by Gasteiger charge is -2.15. The molecule has 0 aromatic heterocycles. The molecular weight excluding hydrogens is 358 g/mol. The molecule has 0 spiro atoms. The second kappa shape index (κ2) is 9.10. The number of methoxy groups -OCH3 is 2. The number of amides is 1. The van der Waals surface area contributed by atoms with Gasteiger partial charge in [-0.2, -0.15) is 0 Å². The van der Waals surface area contributed by atoms with E-state index in [-0.39, 0.29) is 12.3 Å². The van der Waals surface area contributed by atoms with Gasteiger partial charge >= 0.3 is 5.97 Å². The summed E-state index contributed by atoms with van der Waals surface area (Å²) in [5.74, 6) is -0.307. The van der Waals surface area contributed by atoms with Gasteiger partial charge in [0.25, 0.3) is 0 Å². The van der Waals surface area contributed by atoms with Crippen molar-refractivity contribution < 1.29 is 24.2 Å². The van der Waals surface area contributed by atoms with Crippen LogP contribution in [0.3, 0.4) is 0 Å². The molecule has 2 aromatic rings. The predicted molar refractivity (Wildman–Crippen MR) is 97.8 cm³/mol. The van der Waals surface area contributed by atoms with Crippen molar-refractivity contribution in [3.63, 3.8) is 0 Å². The average Bonchev–Trinajstić information content (AvgIpc) is 2.64. The predicted octanol–water partition coefficient (Wildman–Crippen LogP) is 3.23. The summed E-state index contributed by atoms with van der Waals surface area (Å²) in [6, 6.07) is 10.6. The molecule has 0 saturated carbocycles. The first-order valence-electron chi connectivity index (χ1n) is 7.93. The SMILES string of the molecule is COc1ccc(CCC(=O)NC(C(=O)O)c2ccc(Cl)cc2)cc1OC. The van der Waals surface area contributed by atoms with Gasteiger partial charge in [0.1, 0.15) is 0 Å². The van der Waals surface area contributed by atoms with Gasteiger partial charge in [-0.25, -0.2) is 4.79 Å². The van der Waals surface area contributed by atoms with Gasteiger partial charge in [0, 0.05) is 11.4 Å². The van der Waals surface area contributed by atoms with Crippen molar-refractivity contribution in [3.05, 3.63) is 58.6 Å². The largest absolute Gasteiger partial charge is 0.493 e. The van der Waals surface area contributed by atoms with Crippen LogP contribution >= 0.6 is 11.6 Å². The number of halogens is 1. The Balaban J connectivity index is 2.00. The Morgan fingerprint density at radius 3 is 2.31 bits per heavy atom. The Morgan fingerprint density at radius 2 is 1.73 bits per heavy atom. The van der Waals surface area contributed by atoms with E-state index in [1.807, 2.05) is 6.07 Å². The highest BCUT2D eigenvalue weighted by atomic mass is 35.5. The molecule has 1 amide bonds. The lowest BCUT2D eigenvalue weighted by atomic mass is 10.1. The van der Waals surface area contributed by atoms with Gasteiger partial charge in [-0.15, -0.1) is 0 Å². The van der Waals surface area contributed by atoms with Gasteiger partial charge in [0.15, 0.2) is 17.5 Å². The molecule has 2 rings (SSSR count). The normalized spacial score (nSPS) is 11.5. The summed E-state index contributed by atoms with van der Waals surface area (Å²) >= 11 is 5.81. The molecule has 138 valence electrons. The Morgan fingerprint density at radius 1 is 1.08 bits per heavy atom. The van der Waals surface area contributed by atoms with E-state index < -0.39 is 12.0 Å². The zero-order chi connectivity index (χ0) is 19.1. The van der Waals surface area contributed by atoms with Gasteiger partial charge in [-0.3, -0.25) is 4.79 Å². The summed E-state index contributed by atoms with van der Waals surface area (Å²) in [7, 11) is 3.09. The van der Waals surface area contributed by atoms with E-state index in [1.54, 1.807) is 43.5 Å². The third-order valence-electron chi connectivity index (χ3n) is 3.84. The number of benzene rings is 2. The van der Waals surface area contributed by atoms with E-state index in [4.69, 9.17) is 21.1 Å². The number of hydrogen-bond acceptors (Lipinski definition) is 4. The van der Waals surface area contributed by atoms with E-state index >= 15 is 0 Å². The molecule has 6 nitrogen and oxygen atoms in total. The Bertz CT molecular complexity index is 776. The summed E-state index contributed by atoms with van der Waals surface area (Å²) in [5, 5.41) is 12.4. The quantitative estimate of drug-likeness (QED) is 0.737. The first kappa shape index (κ1) is 19.6. The van der Waals surface area contributed by atoms with E-state index in [9.17, 15) is 14.7 Å². The van der Waals surface area contributed by atoms with E-state index in [1.165, 1.54) is 7.11 Å². The fourth-order valence-corrected chi connectivity index (χ4v) is 2.60. The molecule has 26 heavy (non-hydrogen) atoms. The maximum absolute atomic E-state index is 12.2. The minimum atomic E-state index is -1.13. The smallest absolute Gasteiger partial charge is 0.330 e. The molecule has 7 heteroatoms. The van der Waals surface area contributed by atoms with Crippen molar-refractivity contribution in [3.8, 4) is 11.5 Å². The van der Waals surface area contributed by atoms with E-state index in [2.05, 4.69) is 5.32 Å². The van der Waals surface area contributed by atoms with Crippen LogP contribution < -0.4 is 14.8 Å². The van der Waals surface area contributed by atoms with Crippen LogP contribution in [-0.2, 0) is 16.0 Å². The Hall–Kier alpha value is -2.73. The number of carboxylic acid groups (broad SMARTS) is 1. The second-order valence-electron chi connectivity index (χ2n) is 5.58. The molecule has 0 aliphatic heterocycles. The number of ether oxygens (including phenoxy) is 2. The first-order valence-corrected chi connectivity index (χ1v) is 8.31. The maximum atomic E-state index is 12.2. The van der Waals surface area contributed by atoms with Gasteiger partial charge in [-0.05, 0) is 41.8 Å². The van der Waals surface area contributed by atoms with Crippen molar-refractivity contribution in [1.29, 1.82) is 0 Å². The fourth-order valence-electron chi connectivity index (χ4n) is 2.47. The van der Waals surface area contributed by atoms with Gasteiger partial charge in [-0.1, -0.05) is 29.8 Å². The van der Waals surface area contributed by atoms with Crippen LogP contribution in [0.4, 0.5) is 0 Å². The van der Waals surface area contributed by atoms with E-state index in [0.717, 1.165) is 5.56 Å². The molecule has 0 saturated heterocycles. The van der Waals surface area contributed by atoms with Gasteiger partial charge in [0.2, 0.25) is 5.91 Å². The van der Waals surface area contributed by atoms with Crippen LogP contribution in [0.25, 0.3) is 0 Å². The van der Waals surface area contributed by atoms with Crippen LogP contribution in [0.15, 0.2) is 42.5 Å². The minimum absolute atomic E-state index is 0.146. The monoisotopic (exact) mass is 377 g/mol. The number of aryl methyl sites for hydroxylation is 1. The number of aliphatic carboxylic acids is 1. The molecule has 0 bridgehead atoms. The second-order valence-corrected chi connectivity index (χ2v) is 6.02. The van der Waals surface area contributed by atoms with E-state index in [0.29, 0.717) is 28.5 Å². The molecule has 0 aliphatic carbocycles. The van der Waals surface area contributed by atoms with Crippen LogP contribution in [-0.4, -0.2) is 31.2 Å². The molecule has 0 heterocycles. The van der Waals surface area contributed by atoms with Crippen LogP contribution in [0.2, 0.25) is 5.02 Å². The van der Waals surface area contributed by atoms with Gasteiger partial charge < -0.3 is 19.9 Å². The lowest BCUT2D eigenvalue weighted by molar-refractivity contribution is -0.142. The minimum Gasteiger partial charge on any atom is -0.493 e. The third kappa shape index (κ3) is 5.13. The molecule has 0 radical (unpaired) electrons. The topological polar surface area (TPSA) is 84.9 Å². The van der Waals surface area contributed by atoms with Crippen molar-refractivity contribution in [2.24, 2.45) is 0 Å². The molecule has 0 fully saturated rings. The Kier molecular flexibility index (Phi) is 6.86. The number of rotatable bonds is 8. The standard InChI is InChI=1S/C19H20ClNO5/c1-25-15-9-3-12(11-16(15)26-2)4-10-17(22)21-18(19(23)24)13-5-7-14(20)8-6-13/h3,5-9,11,18H,4,10H2,1-2H3,(H,21,22)(H,23,24). The third-order valence-corrected chi connectivity index (χ3v) is 4.10. The highest BCUT2D eigenvalue weighted by Crippen LogP contribution is 2.28. The van der Waals surface area contributed by atoms with Crippen molar-refractivity contribution in [1.82, 2.24) is 5.32 Å². The molecule has 1 atom stereocenters. The highest BCUT2D eigenvalue weighted by molar-refractivity contribution is 6.30. The fraction of sp³-hybridized carbons (Fsp3) is 0.263. The zero-order valence-corrected chi connectivity index (χ0v) is 15.2. The molecule has 2 N–H and O–H groups in total. The Labute approximate surface area is 156 Å². The zero-order valence-electron chi connectivity index (χ0n) is 14.5. The summed E-state index contributed by atoms with van der Waals surface area (Å²) in [6.07, 6.45) is 0.589. The number of nitrogens with one attached hydrogen (secondary N) is 1. The van der Waals surface area contributed by atoms with Crippen molar-refractivity contribution in [2.75, 3.05) is 14.2 Å². The first-order chi connectivity index (χ1) is 12.4. The number of carbonyl (C=O) groups is 2. The maximum Gasteiger partial charge on any atom is 0.330 e. The van der Waals surface area contributed by atoms with Crippen LogP contribution in [0.5, 0.6) is 11.5 Å². The average molecular weight is 378 g/mol. The van der Waals surface area contributed by atoms with Crippen molar-refractivity contribution >= 4 is 23.5 Å². The lowest BCUT2D eigenvalue weighted by Crippen LogP contribution is -2.33. The highest BCUT2D eigenvalue weighted by Gasteiger charge is 2.21. The summed E-state index contributed by atoms with van der Waals surface area (Å²) in [5.41, 5.74) is 1.34. The molecule has 2 aromatic carbocycles. The number of carboxylic acids is 1. The van der Waals surface area contributed by atoms with Gasteiger partial charge in [0.05, 0.1) is 14.2 Å². The number of carbonyl (C=O) groups excluding carboxylic acids is 1. The summed E-state index contributed by atoms with van der Waals surface area (Å²) in [6.45, 7) is 0. The summed E-state index contributed by atoms with van der Waals surface area (Å²) < 4.78 is 10.4. The van der Waals surface area contributed by atoms with Crippen LogP contribution in [0.1, 0.15) is 23.6 Å². The molecule has 1 unspecified atom stereocenters. The number of hydrogen-bond donors (Lipinski definition) is 2. The van der Waals surface area contributed by atoms with Crippen LogP contribution in [0, 0.1) is 0 Å². The van der Waals surface area contributed by atoms with Crippen molar-refractivity contribution in [2.45, 2.75) is 18.9 Å². The summed E-state index contributed by atoms with van der Waals surface area (Å²) in [4.78, 5) is 23.7. The molecular formula is C19H20ClNO5. The molecule has 0 aliphatic rings.